The van der Waals surface area contributed by atoms with Crippen LogP contribution in [0.3, 0.4) is 0 Å². The molecule has 7 nitrogen and oxygen atoms in total. The molecule has 204 valence electrons. The number of carbonyl (C=O) groups excluding carboxylic acids is 1. The Kier molecular flexibility index (Phi) is 7.36. The zero-order chi connectivity index (χ0) is 26.9. The van der Waals surface area contributed by atoms with Crippen molar-refractivity contribution in [1.82, 2.24) is 9.58 Å². The molecule has 0 saturated carbocycles. The summed E-state index contributed by atoms with van der Waals surface area (Å²) in [4.78, 5) is 29.8. The second kappa shape index (κ2) is 11.1. The Morgan fingerprint density at radius 2 is 1.90 bits per heavy atom. The number of fused-ring (bicyclic) bond motifs is 4. The Bertz CT molecular complexity index is 1440. The number of rotatable bonds is 7. The third-order valence-electron chi connectivity index (χ3n) is 7.70. The summed E-state index contributed by atoms with van der Waals surface area (Å²) in [5.74, 6) is 0.0659. The topological polar surface area (TPSA) is 64.0 Å². The lowest BCUT2D eigenvalue weighted by Gasteiger charge is -2.51. The van der Waals surface area contributed by atoms with E-state index in [4.69, 9.17) is 9.47 Å². The van der Waals surface area contributed by atoms with E-state index in [9.17, 15) is 9.59 Å². The van der Waals surface area contributed by atoms with Crippen LogP contribution in [0.15, 0.2) is 64.4 Å². The number of unbranched alkanes of at least 4 members (excludes halogenated alkanes) is 3. The van der Waals surface area contributed by atoms with E-state index in [1.165, 1.54) is 12.1 Å². The quantitative estimate of drug-likeness (QED) is 0.383. The first-order valence-corrected chi connectivity index (χ1v) is 14.6. The summed E-state index contributed by atoms with van der Waals surface area (Å²) in [7, 11) is 0. The molecule has 3 aliphatic rings. The summed E-state index contributed by atoms with van der Waals surface area (Å²) < 4.78 is 29.0. The van der Waals surface area contributed by atoms with Gasteiger partial charge in [-0.25, -0.2) is 4.39 Å². The summed E-state index contributed by atoms with van der Waals surface area (Å²) in [6, 6.07) is 14.3. The van der Waals surface area contributed by atoms with Crippen LogP contribution in [-0.2, 0) is 10.5 Å². The van der Waals surface area contributed by atoms with E-state index in [1.807, 2.05) is 18.2 Å². The van der Waals surface area contributed by atoms with Crippen LogP contribution in [0.2, 0.25) is 0 Å². The van der Waals surface area contributed by atoms with Crippen molar-refractivity contribution in [3.63, 3.8) is 0 Å². The molecule has 2 aromatic carbocycles. The Hall–Kier alpha value is -3.30. The molecule has 0 radical (unpaired) electrons. The maximum Gasteiger partial charge on any atom is 0.278 e. The first kappa shape index (κ1) is 26.0. The van der Waals surface area contributed by atoms with Crippen LogP contribution in [0, 0.1) is 5.82 Å². The maximum absolute atomic E-state index is 15.3. The van der Waals surface area contributed by atoms with Crippen LogP contribution in [0.1, 0.15) is 65.8 Å². The van der Waals surface area contributed by atoms with Crippen LogP contribution in [0.5, 0.6) is 5.75 Å². The summed E-state index contributed by atoms with van der Waals surface area (Å²) in [6.45, 7) is 3.59. The molecule has 0 aliphatic carbocycles. The molecule has 9 heteroatoms. The van der Waals surface area contributed by atoms with Crippen molar-refractivity contribution in [2.75, 3.05) is 31.4 Å². The monoisotopic (exact) mass is 549 g/mol. The summed E-state index contributed by atoms with van der Waals surface area (Å²) in [6.07, 6.45) is 5.18. The van der Waals surface area contributed by atoms with Crippen LogP contribution in [-0.4, -0.2) is 48.0 Å². The van der Waals surface area contributed by atoms with Crippen LogP contribution in [0.25, 0.3) is 0 Å². The molecule has 1 fully saturated rings. The molecule has 39 heavy (non-hydrogen) atoms. The molecule has 1 amide bonds. The third kappa shape index (κ3) is 4.61. The Morgan fingerprint density at radius 1 is 1.05 bits per heavy atom. The fourth-order valence-corrected chi connectivity index (χ4v) is 6.91. The lowest BCUT2D eigenvalue weighted by atomic mass is 9.93. The molecule has 4 heterocycles. The van der Waals surface area contributed by atoms with Gasteiger partial charge in [0.15, 0.2) is 11.4 Å². The van der Waals surface area contributed by atoms with Crippen molar-refractivity contribution in [2.24, 2.45) is 0 Å². The highest BCUT2D eigenvalue weighted by atomic mass is 32.2. The molecule has 1 aromatic heterocycles. The van der Waals surface area contributed by atoms with Crippen molar-refractivity contribution in [3.05, 3.63) is 93.2 Å². The average Bonchev–Trinajstić information content (AvgIpc) is 3.12. The molecule has 2 atom stereocenters. The molecule has 6 rings (SSSR count). The number of ether oxygens (including phenoxy) is 2. The number of hydrogen-bond donors (Lipinski definition) is 0. The van der Waals surface area contributed by atoms with Gasteiger partial charge in [-0.15, -0.1) is 11.8 Å². The van der Waals surface area contributed by atoms with Crippen molar-refractivity contribution in [3.8, 4) is 5.75 Å². The highest BCUT2D eigenvalue weighted by Gasteiger charge is 2.46. The van der Waals surface area contributed by atoms with E-state index in [2.05, 4.69) is 24.1 Å². The Morgan fingerprint density at radius 3 is 2.77 bits per heavy atom. The highest BCUT2D eigenvalue weighted by Crippen LogP contribution is 2.44. The largest absolute Gasteiger partial charge is 0.487 e. The number of benzene rings is 2. The van der Waals surface area contributed by atoms with Crippen LogP contribution >= 0.6 is 11.8 Å². The van der Waals surface area contributed by atoms with Crippen molar-refractivity contribution in [2.45, 2.75) is 55.5 Å². The van der Waals surface area contributed by atoms with Gasteiger partial charge in [-0.2, -0.15) is 0 Å². The number of carbonyl (C=O) groups is 1. The Balaban J connectivity index is 1.54. The Labute approximate surface area is 231 Å². The van der Waals surface area contributed by atoms with Gasteiger partial charge in [-0.3, -0.25) is 19.3 Å². The predicted molar refractivity (Wildman–Crippen MR) is 148 cm³/mol. The summed E-state index contributed by atoms with van der Waals surface area (Å²) in [5, 5.41) is 2.07. The number of amides is 1. The maximum atomic E-state index is 15.3. The molecular weight excluding hydrogens is 517 g/mol. The highest BCUT2D eigenvalue weighted by molar-refractivity contribution is 7.98. The second-order valence-electron chi connectivity index (χ2n) is 10.1. The average molecular weight is 550 g/mol. The van der Waals surface area contributed by atoms with Gasteiger partial charge in [0, 0.05) is 35.0 Å². The number of pyridine rings is 1. The minimum Gasteiger partial charge on any atom is -0.487 e. The number of thioether (sulfide) groups is 1. The molecule has 0 spiro atoms. The van der Waals surface area contributed by atoms with E-state index in [0.717, 1.165) is 41.7 Å². The third-order valence-corrected chi connectivity index (χ3v) is 8.82. The van der Waals surface area contributed by atoms with Gasteiger partial charge in [0.25, 0.3) is 5.91 Å². The van der Waals surface area contributed by atoms with Gasteiger partial charge in [-0.05, 0) is 29.7 Å². The molecule has 0 unspecified atom stereocenters. The van der Waals surface area contributed by atoms with E-state index < -0.39 is 12.2 Å². The SMILES string of the molecule is CCCCCCOc1c2n(ccc1=O)N([C@H]1c3ccccc3SCc3c(F)cccc31)[C@@H]1COCCN1C2=O. The summed E-state index contributed by atoms with van der Waals surface area (Å²) >= 11 is 1.61. The first-order valence-electron chi connectivity index (χ1n) is 13.6. The smallest absolute Gasteiger partial charge is 0.278 e. The zero-order valence-corrected chi connectivity index (χ0v) is 22.8. The van der Waals surface area contributed by atoms with Crippen LogP contribution in [0.4, 0.5) is 4.39 Å². The molecule has 1 saturated heterocycles. The normalized spacial score (nSPS) is 20.0. The predicted octanol–water partition coefficient (Wildman–Crippen LogP) is 5.09. The molecule has 3 aromatic rings. The molecular formula is C30H32FN3O4S. The minimum atomic E-state index is -0.448. The second-order valence-corrected chi connectivity index (χ2v) is 11.1. The van der Waals surface area contributed by atoms with Crippen molar-refractivity contribution in [1.29, 1.82) is 0 Å². The van der Waals surface area contributed by atoms with Gasteiger partial charge < -0.3 is 14.4 Å². The fraction of sp³-hybridized carbons (Fsp3) is 0.400. The lowest BCUT2D eigenvalue weighted by molar-refractivity contribution is -0.0198. The number of aromatic nitrogens is 1. The summed E-state index contributed by atoms with van der Waals surface area (Å²) in [5.41, 5.74) is 2.37. The number of halogens is 1. The zero-order valence-electron chi connectivity index (χ0n) is 22.0. The van der Waals surface area contributed by atoms with Crippen LogP contribution < -0.4 is 15.2 Å². The van der Waals surface area contributed by atoms with E-state index in [0.29, 0.717) is 37.7 Å². The number of hydrogen-bond acceptors (Lipinski definition) is 6. The van der Waals surface area contributed by atoms with Gasteiger partial charge >= 0.3 is 0 Å². The van der Waals surface area contributed by atoms with Gasteiger partial charge in [0.05, 0.1) is 25.9 Å². The van der Waals surface area contributed by atoms with Crippen molar-refractivity contribution >= 4 is 17.7 Å². The number of nitrogens with zero attached hydrogens (tertiary/aromatic N) is 3. The molecule has 3 aliphatic heterocycles. The van der Waals surface area contributed by atoms with E-state index in [-0.39, 0.29) is 28.6 Å². The lowest BCUT2D eigenvalue weighted by Crippen LogP contribution is -2.66. The molecule has 0 bridgehead atoms. The van der Waals surface area contributed by atoms with Gasteiger partial charge in [-0.1, -0.05) is 56.5 Å². The molecule has 0 N–H and O–H groups in total. The van der Waals surface area contributed by atoms with E-state index >= 15 is 4.39 Å². The van der Waals surface area contributed by atoms with E-state index in [1.54, 1.807) is 33.6 Å². The van der Waals surface area contributed by atoms with Gasteiger partial charge in [0.1, 0.15) is 12.0 Å². The minimum absolute atomic E-state index is 0.0738. The standard InChI is InChI=1S/C30H32FN3O4S/c1-2-3-4-7-16-38-29-24(35)13-14-33-28(29)30(36)32-15-17-37-18-26(32)34(33)27-20-10-8-11-23(31)22(20)19-39-25-12-6-5-9-21(25)27/h5-6,8-14,26-27H,2-4,7,15-19H2,1H3/t26-,27-/m1/s1. The van der Waals surface area contributed by atoms with Gasteiger partial charge in [0.2, 0.25) is 5.43 Å². The fourth-order valence-electron chi connectivity index (χ4n) is 5.79. The van der Waals surface area contributed by atoms with Crippen molar-refractivity contribution < 1.29 is 18.7 Å². The number of morpholine rings is 1. The first-order chi connectivity index (χ1) is 19.1.